The number of methoxy groups -OCH3 is 1. The zero-order valence-corrected chi connectivity index (χ0v) is 14.0. The number of rotatable bonds is 5. The van der Waals surface area contributed by atoms with Crippen LogP contribution in [0.5, 0.6) is 5.75 Å². The van der Waals surface area contributed by atoms with Crippen molar-refractivity contribution in [2.75, 3.05) is 7.11 Å². The van der Waals surface area contributed by atoms with Crippen LogP contribution in [-0.2, 0) is 12.8 Å². The topological polar surface area (TPSA) is 52.3 Å². The van der Waals surface area contributed by atoms with Gasteiger partial charge in [-0.2, -0.15) is 9.50 Å². The van der Waals surface area contributed by atoms with Gasteiger partial charge in [0.2, 0.25) is 0 Å². The quantitative estimate of drug-likeness (QED) is 0.561. The lowest BCUT2D eigenvalue weighted by atomic mass is 10.1. The first-order chi connectivity index (χ1) is 12.3. The average Bonchev–Trinajstić information content (AvgIpc) is 3.10. The van der Waals surface area contributed by atoms with Gasteiger partial charge < -0.3 is 4.74 Å². The molecular weight excluding hydrogens is 312 g/mol. The van der Waals surface area contributed by atoms with E-state index in [0.29, 0.717) is 5.78 Å². The third kappa shape index (κ3) is 3.21. The van der Waals surface area contributed by atoms with E-state index in [2.05, 4.69) is 39.3 Å². The molecule has 0 aliphatic heterocycles. The van der Waals surface area contributed by atoms with Gasteiger partial charge in [0.15, 0.2) is 5.82 Å². The molecule has 4 aromatic rings. The number of hydrogen-bond acceptors (Lipinski definition) is 4. The molecule has 0 radical (unpaired) electrons. The smallest absolute Gasteiger partial charge is 0.252 e. The van der Waals surface area contributed by atoms with Crippen LogP contribution in [0.15, 0.2) is 66.9 Å². The third-order valence-electron chi connectivity index (χ3n) is 4.15. The van der Waals surface area contributed by atoms with Crippen molar-refractivity contribution in [2.45, 2.75) is 12.8 Å². The number of aryl methyl sites for hydroxylation is 2. The fourth-order valence-corrected chi connectivity index (χ4v) is 2.82. The van der Waals surface area contributed by atoms with E-state index < -0.39 is 0 Å². The van der Waals surface area contributed by atoms with Gasteiger partial charge in [-0.05, 0) is 42.3 Å². The largest absolute Gasteiger partial charge is 0.497 e. The second-order valence-electron chi connectivity index (χ2n) is 5.78. The molecule has 0 fully saturated rings. The Balaban J connectivity index is 1.64. The molecule has 0 spiro atoms. The summed E-state index contributed by atoms with van der Waals surface area (Å²) in [5.41, 5.74) is 3.29. The molecule has 5 nitrogen and oxygen atoms in total. The Hall–Kier alpha value is -3.21. The molecule has 0 aliphatic rings. The first-order valence-corrected chi connectivity index (χ1v) is 8.22. The molecule has 0 amide bonds. The number of hydrogen-bond donors (Lipinski definition) is 0. The number of ether oxygens (including phenoxy) is 1. The summed E-state index contributed by atoms with van der Waals surface area (Å²) < 4.78 is 7.03. The fourth-order valence-electron chi connectivity index (χ4n) is 2.82. The maximum atomic E-state index is 5.22. The summed E-state index contributed by atoms with van der Waals surface area (Å²) in [5.74, 6) is 2.25. The highest BCUT2D eigenvalue weighted by atomic mass is 16.5. The Morgan fingerprint density at radius 2 is 1.72 bits per heavy atom. The van der Waals surface area contributed by atoms with Crippen LogP contribution < -0.4 is 4.74 Å². The predicted molar refractivity (Wildman–Crippen MR) is 96.6 cm³/mol. The molecule has 25 heavy (non-hydrogen) atoms. The molecule has 4 rings (SSSR count). The molecule has 5 heteroatoms. The molecule has 2 aromatic carbocycles. The van der Waals surface area contributed by atoms with Crippen LogP contribution in [0.2, 0.25) is 0 Å². The summed E-state index contributed by atoms with van der Waals surface area (Å²) in [6, 6.07) is 20.2. The van der Waals surface area contributed by atoms with Crippen LogP contribution in [0.25, 0.3) is 17.0 Å². The Bertz CT molecular complexity index is 978. The zero-order chi connectivity index (χ0) is 17.1. The van der Waals surface area contributed by atoms with Crippen molar-refractivity contribution in [1.29, 1.82) is 0 Å². The molecule has 0 saturated heterocycles. The standard InChI is InChI=1S/C20H18N4O/c1-25-17-10-8-16(9-11-17)18-13-14-21-20-22-19(23-24(18)20)12-7-15-5-3-2-4-6-15/h2-6,8-11,13-14H,7,12H2,1H3. The first-order valence-electron chi connectivity index (χ1n) is 8.22. The Kier molecular flexibility index (Phi) is 4.12. The van der Waals surface area contributed by atoms with Crippen molar-refractivity contribution in [3.8, 4) is 17.0 Å². The summed E-state index contributed by atoms with van der Waals surface area (Å²) in [4.78, 5) is 8.91. The van der Waals surface area contributed by atoms with Gasteiger partial charge in [-0.3, -0.25) is 0 Å². The van der Waals surface area contributed by atoms with Crippen molar-refractivity contribution >= 4 is 5.78 Å². The molecule has 0 atom stereocenters. The van der Waals surface area contributed by atoms with E-state index in [0.717, 1.165) is 35.7 Å². The summed E-state index contributed by atoms with van der Waals surface area (Å²) in [6.45, 7) is 0. The van der Waals surface area contributed by atoms with Gasteiger partial charge in [-0.1, -0.05) is 30.3 Å². The highest BCUT2D eigenvalue weighted by Gasteiger charge is 2.10. The van der Waals surface area contributed by atoms with Crippen molar-refractivity contribution in [2.24, 2.45) is 0 Å². The van der Waals surface area contributed by atoms with Crippen LogP contribution >= 0.6 is 0 Å². The van der Waals surface area contributed by atoms with E-state index in [1.807, 2.05) is 40.9 Å². The van der Waals surface area contributed by atoms with Crippen LogP contribution in [0.3, 0.4) is 0 Å². The minimum Gasteiger partial charge on any atom is -0.497 e. The van der Waals surface area contributed by atoms with Crippen LogP contribution in [0.1, 0.15) is 11.4 Å². The van der Waals surface area contributed by atoms with E-state index in [1.54, 1.807) is 13.3 Å². The lowest BCUT2D eigenvalue weighted by Gasteiger charge is -2.05. The molecule has 124 valence electrons. The maximum absolute atomic E-state index is 5.22. The van der Waals surface area contributed by atoms with Gasteiger partial charge in [0.25, 0.3) is 5.78 Å². The molecule has 2 aromatic heterocycles. The summed E-state index contributed by atoms with van der Waals surface area (Å²) >= 11 is 0. The summed E-state index contributed by atoms with van der Waals surface area (Å²) in [6.07, 6.45) is 3.47. The zero-order valence-electron chi connectivity index (χ0n) is 14.0. The molecule has 0 saturated carbocycles. The highest BCUT2D eigenvalue weighted by molar-refractivity contribution is 5.62. The van der Waals surface area contributed by atoms with E-state index in [4.69, 9.17) is 4.74 Å². The van der Waals surface area contributed by atoms with Gasteiger partial charge >= 0.3 is 0 Å². The van der Waals surface area contributed by atoms with E-state index in [1.165, 1.54) is 5.56 Å². The van der Waals surface area contributed by atoms with Crippen molar-refractivity contribution in [3.05, 3.63) is 78.2 Å². The summed E-state index contributed by atoms with van der Waals surface area (Å²) in [5, 5.41) is 4.66. The third-order valence-corrected chi connectivity index (χ3v) is 4.15. The monoisotopic (exact) mass is 330 g/mol. The SMILES string of the molecule is COc1ccc(-c2ccnc3nc(CCc4ccccc4)nn23)cc1. The molecule has 0 unspecified atom stereocenters. The minimum atomic E-state index is 0.622. The van der Waals surface area contributed by atoms with E-state index in [9.17, 15) is 0 Å². The predicted octanol–water partition coefficient (Wildman–Crippen LogP) is 3.59. The van der Waals surface area contributed by atoms with Crippen LogP contribution in [-0.4, -0.2) is 26.7 Å². The Morgan fingerprint density at radius 1 is 0.920 bits per heavy atom. The molecule has 0 N–H and O–H groups in total. The van der Waals surface area contributed by atoms with Gasteiger partial charge in [-0.25, -0.2) is 4.98 Å². The summed E-state index contributed by atoms with van der Waals surface area (Å²) in [7, 11) is 1.66. The van der Waals surface area contributed by atoms with Crippen molar-refractivity contribution < 1.29 is 4.74 Å². The fraction of sp³-hybridized carbons (Fsp3) is 0.150. The number of fused-ring (bicyclic) bond motifs is 1. The number of benzene rings is 2. The molecular formula is C20H18N4O. The Labute approximate surface area is 145 Å². The van der Waals surface area contributed by atoms with Crippen LogP contribution in [0, 0.1) is 0 Å². The van der Waals surface area contributed by atoms with Crippen molar-refractivity contribution in [3.63, 3.8) is 0 Å². The van der Waals surface area contributed by atoms with Gasteiger partial charge in [0.05, 0.1) is 12.8 Å². The Morgan fingerprint density at radius 3 is 2.48 bits per heavy atom. The second-order valence-corrected chi connectivity index (χ2v) is 5.78. The lowest BCUT2D eigenvalue weighted by molar-refractivity contribution is 0.415. The normalized spacial score (nSPS) is 10.9. The first kappa shape index (κ1) is 15.3. The lowest BCUT2D eigenvalue weighted by Crippen LogP contribution is -1.97. The van der Waals surface area contributed by atoms with Gasteiger partial charge in [0.1, 0.15) is 5.75 Å². The maximum Gasteiger partial charge on any atom is 0.252 e. The molecule has 0 bridgehead atoms. The minimum absolute atomic E-state index is 0.622. The number of nitrogens with zero attached hydrogens (tertiary/aromatic N) is 4. The number of aromatic nitrogens is 4. The van der Waals surface area contributed by atoms with Gasteiger partial charge in [0, 0.05) is 18.2 Å². The molecule has 2 heterocycles. The van der Waals surface area contributed by atoms with E-state index in [-0.39, 0.29) is 0 Å². The average molecular weight is 330 g/mol. The molecule has 0 aliphatic carbocycles. The van der Waals surface area contributed by atoms with E-state index >= 15 is 0 Å². The van der Waals surface area contributed by atoms with Gasteiger partial charge in [-0.15, -0.1) is 5.10 Å². The second kappa shape index (κ2) is 6.73. The van der Waals surface area contributed by atoms with Crippen LogP contribution in [0.4, 0.5) is 0 Å². The van der Waals surface area contributed by atoms with Crippen molar-refractivity contribution in [1.82, 2.24) is 19.6 Å². The highest BCUT2D eigenvalue weighted by Crippen LogP contribution is 2.22.